The van der Waals surface area contributed by atoms with Gasteiger partial charge in [0.15, 0.2) is 5.76 Å². The quantitative estimate of drug-likeness (QED) is 0.695. The average molecular weight is 335 g/mol. The van der Waals surface area contributed by atoms with Crippen molar-refractivity contribution in [3.63, 3.8) is 0 Å². The van der Waals surface area contributed by atoms with Gasteiger partial charge in [-0.3, -0.25) is 4.79 Å². The molecule has 0 bridgehead atoms. The molecular weight excluding hydrogens is 314 g/mol. The summed E-state index contributed by atoms with van der Waals surface area (Å²) < 4.78 is 11.5. The van der Waals surface area contributed by atoms with E-state index in [1.54, 1.807) is 0 Å². The maximum Gasteiger partial charge on any atom is 0.294 e. The van der Waals surface area contributed by atoms with E-state index in [1.165, 1.54) is 5.56 Å². The van der Waals surface area contributed by atoms with Crippen molar-refractivity contribution in [2.75, 3.05) is 18.1 Å². The zero-order chi connectivity index (χ0) is 17.4. The highest BCUT2D eigenvalue weighted by Crippen LogP contribution is 2.33. The number of hydrogen-bond donors (Lipinski definition) is 0. The second kappa shape index (κ2) is 6.28. The van der Waals surface area contributed by atoms with Crippen LogP contribution in [-0.2, 0) is 6.42 Å². The van der Waals surface area contributed by atoms with E-state index in [2.05, 4.69) is 6.07 Å². The van der Waals surface area contributed by atoms with Gasteiger partial charge >= 0.3 is 0 Å². The number of rotatable bonds is 3. The zero-order valence-corrected chi connectivity index (χ0v) is 14.5. The fourth-order valence-corrected chi connectivity index (χ4v) is 3.53. The lowest BCUT2D eigenvalue weighted by Gasteiger charge is -2.28. The molecule has 0 radical (unpaired) electrons. The van der Waals surface area contributed by atoms with Crippen molar-refractivity contribution in [1.29, 1.82) is 0 Å². The lowest BCUT2D eigenvalue weighted by molar-refractivity contribution is 0.0959. The molecule has 25 heavy (non-hydrogen) atoms. The summed E-state index contributed by atoms with van der Waals surface area (Å²) >= 11 is 0. The Morgan fingerprint density at radius 2 is 2.08 bits per heavy atom. The summed E-state index contributed by atoms with van der Waals surface area (Å²) in [6.45, 7) is 5.22. The average Bonchev–Trinajstić information content (AvgIpc) is 2.97. The molecule has 0 saturated carbocycles. The minimum Gasteiger partial charge on any atom is -0.494 e. The van der Waals surface area contributed by atoms with Gasteiger partial charge in [-0.05, 0) is 56.5 Å². The fraction of sp³-hybridized carbons (Fsp3) is 0.286. The molecule has 1 aliphatic heterocycles. The lowest BCUT2D eigenvalue weighted by atomic mass is 10.0. The largest absolute Gasteiger partial charge is 0.494 e. The molecule has 1 aliphatic rings. The number of furan rings is 1. The van der Waals surface area contributed by atoms with Crippen molar-refractivity contribution in [3.8, 4) is 5.75 Å². The van der Waals surface area contributed by atoms with Crippen LogP contribution >= 0.6 is 0 Å². The Balaban J connectivity index is 1.75. The van der Waals surface area contributed by atoms with Crippen molar-refractivity contribution in [1.82, 2.24) is 0 Å². The number of anilines is 1. The van der Waals surface area contributed by atoms with Gasteiger partial charge in [0.25, 0.3) is 5.91 Å². The topological polar surface area (TPSA) is 42.7 Å². The molecule has 4 nitrogen and oxygen atoms in total. The van der Waals surface area contributed by atoms with Gasteiger partial charge in [-0.2, -0.15) is 0 Å². The molecule has 0 aliphatic carbocycles. The molecule has 1 amide bonds. The minimum atomic E-state index is -0.0705. The second-order valence-electron chi connectivity index (χ2n) is 6.34. The number of benzene rings is 2. The van der Waals surface area contributed by atoms with Crippen molar-refractivity contribution < 1.29 is 13.9 Å². The van der Waals surface area contributed by atoms with Gasteiger partial charge in [0.05, 0.1) is 6.61 Å². The zero-order valence-electron chi connectivity index (χ0n) is 14.5. The van der Waals surface area contributed by atoms with Gasteiger partial charge < -0.3 is 14.1 Å². The van der Waals surface area contributed by atoms with Crippen LogP contribution in [0.1, 0.15) is 35.0 Å². The van der Waals surface area contributed by atoms with Crippen molar-refractivity contribution in [2.45, 2.75) is 26.7 Å². The highest BCUT2D eigenvalue weighted by molar-refractivity contribution is 6.08. The van der Waals surface area contributed by atoms with E-state index < -0.39 is 0 Å². The Kier molecular flexibility index (Phi) is 3.96. The third-order valence-corrected chi connectivity index (χ3v) is 4.77. The normalized spacial score (nSPS) is 13.8. The first-order chi connectivity index (χ1) is 12.2. The number of hydrogen-bond acceptors (Lipinski definition) is 3. The SMILES string of the molecule is CCOc1ccc2oc(C(=O)N3CCCc4ccccc43)c(C)c2c1. The summed E-state index contributed by atoms with van der Waals surface area (Å²) in [6.07, 6.45) is 1.98. The molecule has 0 unspecified atom stereocenters. The summed E-state index contributed by atoms with van der Waals surface area (Å²) in [5.41, 5.74) is 3.79. The smallest absolute Gasteiger partial charge is 0.294 e. The van der Waals surface area contributed by atoms with E-state index in [0.717, 1.165) is 47.4 Å². The number of ether oxygens (including phenoxy) is 1. The Morgan fingerprint density at radius 3 is 2.92 bits per heavy atom. The van der Waals surface area contributed by atoms with Gasteiger partial charge in [-0.1, -0.05) is 18.2 Å². The predicted molar refractivity (Wildman–Crippen MR) is 98.6 cm³/mol. The van der Waals surface area contributed by atoms with Gasteiger partial charge in [-0.15, -0.1) is 0 Å². The summed E-state index contributed by atoms with van der Waals surface area (Å²) in [5, 5.41) is 0.930. The van der Waals surface area contributed by atoms with E-state index in [4.69, 9.17) is 9.15 Å². The number of nitrogens with zero attached hydrogens (tertiary/aromatic N) is 1. The Hall–Kier alpha value is -2.75. The molecule has 4 rings (SSSR count). The monoisotopic (exact) mass is 335 g/mol. The van der Waals surface area contributed by atoms with Crippen molar-refractivity contribution >= 4 is 22.6 Å². The molecule has 0 atom stereocenters. The van der Waals surface area contributed by atoms with Crippen LogP contribution < -0.4 is 9.64 Å². The van der Waals surface area contributed by atoms with Crippen LogP contribution in [0.15, 0.2) is 46.9 Å². The van der Waals surface area contributed by atoms with Gasteiger partial charge in [0, 0.05) is 23.2 Å². The number of aryl methyl sites for hydroxylation is 2. The fourth-order valence-electron chi connectivity index (χ4n) is 3.53. The number of amides is 1. The summed E-state index contributed by atoms with van der Waals surface area (Å²) in [7, 11) is 0. The van der Waals surface area contributed by atoms with Gasteiger partial charge in [-0.25, -0.2) is 0 Å². The van der Waals surface area contributed by atoms with E-state index in [1.807, 2.05) is 55.1 Å². The maximum atomic E-state index is 13.2. The maximum absolute atomic E-state index is 13.2. The molecule has 2 heterocycles. The highest BCUT2D eigenvalue weighted by Gasteiger charge is 2.27. The molecule has 0 N–H and O–H groups in total. The third kappa shape index (κ3) is 2.68. The van der Waals surface area contributed by atoms with E-state index >= 15 is 0 Å². The molecule has 4 heteroatoms. The molecule has 128 valence electrons. The van der Waals surface area contributed by atoms with Crippen molar-refractivity contribution in [3.05, 3.63) is 59.4 Å². The van der Waals surface area contributed by atoms with Crippen LogP contribution in [0.25, 0.3) is 11.0 Å². The van der Waals surface area contributed by atoms with Crippen LogP contribution in [0.3, 0.4) is 0 Å². The van der Waals surface area contributed by atoms with E-state index in [0.29, 0.717) is 12.4 Å². The van der Waals surface area contributed by atoms with E-state index in [-0.39, 0.29) is 5.91 Å². The summed E-state index contributed by atoms with van der Waals surface area (Å²) in [6, 6.07) is 13.8. The molecule has 0 spiro atoms. The minimum absolute atomic E-state index is 0.0705. The summed E-state index contributed by atoms with van der Waals surface area (Å²) in [5.74, 6) is 1.14. The van der Waals surface area contributed by atoms with Crippen LogP contribution in [0, 0.1) is 6.92 Å². The number of fused-ring (bicyclic) bond motifs is 2. The molecule has 1 aromatic heterocycles. The first-order valence-corrected chi connectivity index (χ1v) is 8.74. The first kappa shape index (κ1) is 15.8. The van der Waals surface area contributed by atoms with E-state index in [9.17, 15) is 4.79 Å². The number of carbonyl (C=O) groups is 1. The second-order valence-corrected chi connectivity index (χ2v) is 6.34. The third-order valence-electron chi connectivity index (χ3n) is 4.77. The first-order valence-electron chi connectivity index (χ1n) is 8.74. The Bertz CT molecular complexity index is 941. The highest BCUT2D eigenvalue weighted by atomic mass is 16.5. The van der Waals surface area contributed by atoms with Crippen LogP contribution in [0.4, 0.5) is 5.69 Å². The molecule has 2 aromatic carbocycles. The predicted octanol–water partition coefficient (Wildman–Crippen LogP) is 4.73. The molecule has 3 aromatic rings. The summed E-state index contributed by atoms with van der Waals surface area (Å²) in [4.78, 5) is 15.0. The standard InChI is InChI=1S/C21H21NO3/c1-3-24-16-10-11-19-17(13-16)14(2)20(25-19)21(23)22-12-6-8-15-7-4-5-9-18(15)22/h4-5,7,9-11,13H,3,6,8,12H2,1-2H3. The molecule has 0 fully saturated rings. The molecular formula is C21H21NO3. The molecule has 0 saturated heterocycles. The lowest BCUT2D eigenvalue weighted by Crippen LogP contribution is -2.35. The van der Waals surface area contributed by atoms with Crippen molar-refractivity contribution in [2.24, 2.45) is 0 Å². The Morgan fingerprint density at radius 1 is 1.24 bits per heavy atom. The number of para-hydroxylation sites is 1. The Labute approximate surface area is 147 Å². The van der Waals surface area contributed by atoms with Crippen LogP contribution in [0.5, 0.6) is 5.75 Å². The van der Waals surface area contributed by atoms with Gasteiger partial charge in [0.2, 0.25) is 0 Å². The van der Waals surface area contributed by atoms with Gasteiger partial charge in [0.1, 0.15) is 11.3 Å². The van der Waals surface area contributed by atoms with Crippen LogP contribution in [0.2, 0.25) is 0 Å². The van der Waals surface area contributed by atoms with Crippen LogP contribution in [-0.4, -0.2) is 19.1 Å². The number of carbonyl (C=O) groups excluding carboxylic acids is 1.